The summed E-state index contributed by atoms with van der Waals surface area (Å²) in [5.74, 6) is 0.0681. The molecular weight excluding hydrogens is 348 g/mol. The van der Waals surface area contributed by atoms with Crippen molar-refractivity contribution < 1.29 is 24.1 Å². The molecular formula is C17H16ClN2O5-. The minimum atomic E-state index is -1.36. The normalized spacial score (nSPS) is 10.6. The minimum Gasteiger partial charge on any atom is -0.545 e. The van der Waals surface area contributed by atoms with Crippen molar-refractivity contribution in [2.45, 2.75) is 0 Å². The molecule has 0 radical (unpaired) electrons. The summed E-state index contributed by atoms with van der Waals surface area (Å²) in [6, 6.07) is 7.85. The zero-order valence-electron chi connectivity index (χ0n) is 13.8. The summed E-state index contributed by atoms with van der Waals surface area (Å²) in [7, 11) is 4.55. The Balaban J connectivity index is 2.26. The van der Waals surface area contributed by atoms with E-state index in [4.69, 9.17) is 25.8 Å². The maximum absolute atomic E-state index is 11.0. The zero-order chi connectivity index (χ0) is 18.4. The number of methoxy groups -OCH3 is 3. The third kappa shape index (κ3) is 4.13. The highest BCUT2D eigenvalue weighted by Crippen LogP contribution is 2.39. The summed E-state index contributed by atoms with van der Waals surface area (Å²) in [6.45, 7) is 0. The molecule has 0 atom stereocenters. The number of nitrogens with one attached hydrogen (secondary N) is 1. The van der Waals surface area contributed by atoms with E-state index >= 15 is 0 Å². The molecule has 0 aliphatic rings. The topological polar surface area (TPSA) is 92.2 Å². The van der Waals surface area contributed by atoms with Crippen molar-refractivity contribution in [1.82, 2.24) is 0 Å². The van der Waals surface area contributed by atoms with Gasteiger partial charge in [0.25, 0.3) is 0 Å². The fourth-order valence-electron chi connectivity index (χ4n) is 2.15. The highest BCUT2D eigenvalue weighted by atomic mass is 35.5. The van der Waals surface area contributed by atoms with Crippen molar-refractivity contribution in [3.05, 3.63) is 46.5 Å². The van der Waals surface area contributed by atoms with Gasteiger partial charge in [-0.25, -0.2) is 0 Å². The first-order chi connectivity index (χ1) is 12.0. The Kier molecular flexibility index (Phi) is 6.08. The fourth-order valence-corrected chi connectivity index (χ4v) is 2.35. The lowest BCUT2D eigenvalue weighted by molar-refractivity contribution is -0.255. The number of halogens is 1. The largest absolute Gasteiger partial charge is 0.545 e. The highest BCUT2D eigenvalue weighted by molar-refractivity contribution is 6.33. The van der Waals surface area contributed by atoms with Gasteiger partial charge in [-0.1, -0.05) is 11.6 Å². The quantitative estimate of drug-likeness (QED) is 0.598. The number of carboxylic acid groups (broad SMARTS) is 1. The van der Waals surface area contributed by atoms with Crippen LogP contribution >= 0.6 is 11.6 Å². The minimum absolute atomic E-state index is 0.0936. The Bertz CT molecular complexity index is 808. The summed E-state index contributed by atoms with van der Waals surface area (Å²) in [5, 5.41) is 15.1. The van der Waals surface area contributed by atoms with E-state index in [0.717, 1.165) is 0 Å². The number of hydrogen-bond acceptors (Lipinski definition) is 7. The van der Waals surface area contributed by atoms with Crippen molar-refractivity contribution in [2.75, 3.05) is 26.8 Å². The molecule has 0 aliphatic carbocycles. The number of carbonyl (C=O) groups is 1. The maximum atomic E-state index is 11.0. The van der Waals surface area contributed by atoms with Gasteiger partial charge < -0.3 is 24.1 Å². The molecule has 2 aromatic carbocycles. The number of nitrogens with zero attached hydrogens (tertiary/aromatic N) is 1. The van der Waals surface area contributed by atoms with Crippen molar-refractivity contribution >= 4 is 29.5 Å². The van der Waals surface area contributed by atoms with Crippen molar-refractivity contribution in [3.63, 3.8) is 0 Å². The van der Waals surface area contributed by atoms with Crippen LogP contribution in [-0.2, 0) is 0 Å². The number of carbonyl (C=O) groups excluding carboxylic acids is 1. The summed E-state index contributed by atoms with van der Waals surface area (Å²) >= 11 is 5.79. The lowest BCUT2D eigenvalue weighted by Crippen LogP contribution is -2.22. The van der Waals surface area contributed by atoms with Gasteiger partial charge in [-0.3, -0.25) is 5.43 Å². The van der Waals surface area contributed by atoms with Crippen LogP contribution < -0.4 is 24.7 Å². The van der Waals surface area contributed by atoms with Crippen LogP contribution in [0.25, 0.3) is 0 Å². The van der Waals surface area contributed by atoms with Gasteiger partial charge in [-0.05, 0) is 30.3 Å². The molecule has 2 aromatic rings. The Labute approximate surface area is 149 Å². The molecule has 7 nitrogen and oxygen atoms in total. The number of rotatable bonds is 7. The second-order valence-electron chi connectivity index (χ2n) is 4.78. The predicted molar refractivity (Wildman–Crippen MR) is 93.1 cm³/mol. The van der Waals surface area contributed by atoms with Gasteiger partial charge in [0.2, 0.25) is 5.75 Å². The maximum Gasteiger partial charge on any atom is 0.203 e. The number of hydrazone groups is 1. The van der Waals surface area contributed by atoms with E-state index in [1.165, 1.54) is 39.7 Å². The first kappa shape index (κ1) is 18.4. The third-order valence-electron chi connectivity index (χ3n) is 3.32. The van der Waals surface area contributed by atoms with E-state index in [2.05, 4.69) is 10.5 Å². The molecule has 0 unspecified atom stereocenters. The Morgan fingerprint density at radius 3 is 2.44 bits per heavy atom. The molecule has 0 heterocycles. The molecule has 0 bridgehead atoms. The van der Waals surface area contributed by atoms with E-state index < -0.39 is 5.97 Å². The van der Waals surface area contributed by atoms with Crippen molar-refractivity contribution in [2.24, 2.45) is 5.10 Å². The number of carboxylic acids is 1. The van der Waals surface area contributed by atoms with Gasteiger partial charge in [0.1, 0.15) is 0 Å². The zero-order valence-corrected chi connectivity index (χ0v) is 14.6. The first-order valence-corrected chi connectivity index (χ1v) is 7.48. The molecule has 0 amide bonds. The Hall–Kier alpha value is -2.93. The van der Waals surface area contributed by atoms with Crippen LogP contribution in [0.4, 0.5) is 5.69 Å². The van der Waals surface area contributed by atoms with E-state index in [1.54, 1.807) is 18.2 Å². The van der Waals surface area contributed by atoms with E-state index in [9.17, 15) is 9.90 Å². The molecule has 0 aliphatic heterocycles. The summed E-state index contributed by atoms with van der Waals surface area (Å²) < 4.78 is 15.9. The van der Waals surface area contributed by atoms with Gasteiger partial charge in [-0.15, -0.1) is 0 Å². The number of anilines is 1. The van der Waals surface area contributed by atoms with Crippen LogP contribution in [0.1, 0.15) is 15.9 Å². The van der Waals surface area contributed by atoms with Crippen LogP contribution in [-0.4, -0.2) is 33.5 Å². The van der Waals surface area contributed by atoms with Gasteiger partial charge in [0.15, 0.2) is 11.5 Å². The molecule has 0 fully saturated rings. The molecule has 2 rings (SSSR count). The number of benzene rings is 2. The Morgan fingerprint density at radius 2 is 1.84 bits per heavy atom. The highest BCUT2D eigenvalue weighted by Gasteiger charge is 2.14. The van der Waals surface area contributed by atoms with E-state index in [-0.39, 0.29) is 10.6 Å². The predicted octanol–water partition coefficient (Wildman–Crippen LogP) is 2.18. The smallest absolute Gasteiger partial charge is 0.203 e. The summed E-state index contributed by atoms with van der Waals surface area (Å²) in [6.07, 6.45) is 1.51. The van der Waals surface area contributed by atoms with Crippen LogP contribution in [0.5, 0.6) is 17.2 Å². The standard InChI is InChI=1S/C17H17ClN2O5/c1-23-14-7-4-10(15(24-2)16(14)25-3)9-19-20-11-5-6-13(18)12(8-11)17(21)22/h4-9,20H,1-3H3,(H,21,22)/p-1/b19-9-. The second-order valence-corrected chi connectivity index (χ2v) is 5.18. The summed E-state index contributed by atoms with van der Waals surface area (Å²) in [5.41, 5.74) is 3.69. The van der Waals surface area contributed by atoms with Crippen LogP contribution in [0, 0.1) is 0 Å². The summed E-state index contributed by atoms with van der Waals surface area (Å²) in [4.78, 5) is 11.0. The first-order valence-electron chi connectivity index (χ1n) is 7.10. The van der Waals surface area contributed by atoms with Gasteiger partial charge >= 0.3 is 0 Å². The van der Waals surface area contributed by atoms with Crippen LogP contribution in [0.2, 0.25) is 5.02 Å². The molecule has 132 valence electrons. The average Bonchev–Trinajstić information content (AvgIpc) is 2.62. The van der Waals surface area contributed by atoms with Gasteiger partial charge in [0, 0.05) is 16.1 Å². The lowest BCUT2D eigenvalue weighted by atomic mass is 10.2. The number of aromatic carboxylic acids is 1. The van der Waals surface area contributed by atoms with Crippen LogP contribution in [0.15, 0.2) is 35.4 Å². The van der Waals surface area contributed by atoms with Gasteiger partial charge in [0.05, 0.1) is 39.2 Å². The SMILES string of the molecule is COc1ccc(/C=N\Nc2ccc(Cl)c(C(=O)[O-])c2)c(OC)c1OC. The Morgan fingerprint density at radius 1 is 1.12 bits per heavy atom. The molecule has 1 N–H and O–H groups in total. The molecule has 0 saturated heterocycles. The molecule has 0 saturated carbocycles. The average molecular weight is 364 g/mol. The van der Waals surface area contributed by atoms with Crippen molar-refractivity contribution in [1.29, 1.82) is 0 Å². The van der Waals surface area contributed by atoms with Crippen LogP contribution in [0.3, 0.4) is 0 Å². The molecule has 25 heavy (non-hydrogen) atoms. The monoisotopic (exact) mass is 363 g/mol. The second kappa shape index (κ2) is 8.25. The lowest BCUT2D eigenvalue weighted by Gasteiger charge is -2.13. The molecule has 0 aromatic heterocycles. The van der Waals surface area contributed by atoms with Crippen molar-refractivity contribution in [3.8, 4) is 17.2 Å². The van der Waals surface area contributed by atoms with E-state index in [1.807, 2.05) is 0 Å². The molecule has 8 heteroatoms. The fraction of sp³-hybridized carbons (Fsp3) is 0.176. The number of hydrogen-bond donors (Lipinski definition) is 1. The van der Waals surface area contributed by atoms with Gasteiger partial charge in [-0.2, -0.15) is 5.10 Å². The third-order valence-corrected chi connectivity index (χ3v) is 3.65. The molecule has 0 spiro atoms. The number of ether oxygens (including phenoxy) is 3. The van der Waals surface area contributed by atoms with E-state index in [0.29, 0.717) is 28.5 Å².